The number of hydroxylamine groups is 1. The average molecular weight is 217 g/mol. The minimum atomic E-state index is 0.672. The van der Waals surface area contributed by atoms with Gasteiger partial charge in [-0.2, -0.15) is 10.6 Å². The maximum Gasteiger partial charge on any atom is 0.0654 e. The summed E-state index contributed by atoms with van der Waals surface area (Å²) in [6.07, 6.45) is 3.69. The van der Waals surface area contributed by atoms with Crippen LogP contribution in [-0.2, 0) is 11.4 Å². The SMILES string of the molecule is CCONCc1ccc(-n2cccn2)cc1. The molecule has 0 radical (unpaired) electrons. The van der Waals surface area contributed by atoms with E-state index in [1.165, 1.54) is 5.56 Å². The van der Waals surface area contributed by atoms with Crippen LogP contribution in [0.25, 0.3) is 5.69 Å². The van der Waals surface area contributed by atoms with Crippen molar-refractivity contribution in [1.29, 1.82) is 0 Å². The van der Waals surface area contributed by atoms with Crippen molar-refractivity contribution in [2.45, 2.75) is 13.5 Å². The van der Waals surface area contributed by atoms with Gasteiger partial charge < -0.3 is 4.84 Å². The fraction of sp³-hybridized carbons (Fsp3) is 0.250. The number of benzene rings is 1. The highest BCUT2D eigenvalue weighted by molar-refractivity contribution is 5.33. The van der Waals surface area contributed by atoms with E-state index >= 15 is 0 Å². The van der Waals surface area contributed by atoms with E-state index in [0.29, 0.717) is 13.2 Å². The summed E-state index contributed by atoms with van der Waals surface area (Å²) in [5, 5.41) is 4.17. The molecule has 0 saturated heterocycles. The quantitative estimate of drug-likeness (QED) is 0.614. The van der Waals surface area contributed by atoms with Gasteiger partial charge in [-0.25, -0.2) is 4.68 Å². The lowest BCUT2D eigenvalue weighted by molar-refractivity contribution is 0.0463. The third kappa shape index (κ3) is 2.68. The second-order valence-corrected chi connectivity index (χ2v) is 3.37. The lowest BCUT2D eigenvalue weighted by atomic mass is 10.2. The lowest BCUT2D eigenvalue weighted by Gasteiger charge is -2.05. The molecule has 1 N–H and O–H groups in total. The Labute approximate surface area is 94.8 Å². The Kier molecular flexibility index (Phi) is 3.69. The first-order valence-electron chi connectivity index (χ1n) is 5.34. The molecule has 1 aromatic carbocycles. The van der Waals surface area contributed by atoms with Crippen LogP contribution in [0.5, 0.6) is 0 Å². The minimum absolute atomic E-state index is 0.672. The predicted octanol–water partition coefficient (Wildman–Crippen LogP) is 1.91. The maximum absolute atomic E-state index is 5.07. The molecule has 4 heteroatoms. The number of nitrogens with zero attached hydrogens (tertiary/aromatic N) is 2. The van der Waals surface area contributed by atoms with Crippen molar-refractivity contribution in [2.24, 2.45) is 0 Å². The number of hydrogen-bond acceptors (Lipinski definition) is 3. The molecule has 0 fully saturated rings. The Morgan fingerprint density at radius 1 is 1.31 bits per heavy atom. The van der Waals surface area contributed by atoms with Crippen LogP contribution in [0.4, 0.5) is 0 Å². The lowest BCUT2D eigenvalue weighted by Crippen LogP contribution is -2.13. The predicted molar refractivity (Wildman–Crippen MR) is 62.0 cm³/mol. The van der Waals surface area contributed by atoms with E-state index in [4.69, 9.17) is 4.84 Å². The Bertz CT molecular complexity index is 408. The van der Waals surface area contributed by atoms with Gasteiger partial charge in [0.05, 0.1) is 12.3 Å². The smallest absolute Gasteiger partial charge is 0.0654 e. The Hall–Kier alpha value is -1.65. The Morgan fingerprint density at radius 3 is 2.75 bits per heavy atom. The molecule has 2 aromatic rings. The van der Waals surface area contributed by atoms with Crippen LogP contribution in [0.2, 0.25) is 0 Å². The highest BCUT2D eigenvalue weighted by Crippen LogP contribution is 2.08. The Balaban J connectivity index is 2.00. The van der Waals surface area contributed by atoms with Gasteiger partial charge in [-0.15, -0.1) is 0 Å². The van der Waals surface area contributed by atoms with Crippen LogP contribution in [0, 0.1) is 0 Å². The van der Waals surface area contributed by atoms with E-state index in [2.05, 4.69) is 22.7 Å². The Morgan fingerprint density at radius 2 is 2.12 bits per heavy atom. The molecule has 0 saturated carbocycles. The van der Waals surface area contributed by atoms with Crippen molar-refractivity contribution in [1.82, 2.24) is 15.3 Å². The monoisotopic (exact) mass is 217 g/mol. The first-order valence-corrected chi connectivity index (χ1v) is 5.34. The van der Waals surface area contributed by atoms with Crippen molar-refractivity contribution < 1.29 is 4.84 Å². The highest BCUT2D eigenvalue weighted by atomic mass is 16.6. The second kappa shape index (κ2) is 5.44. The van der Waals surface area contributed by atoms with E-state index in [9.17, 15) is 0 Å². The standard InChI is InChI=1S/C12H15N3O/c1-2-16-14-10-11-4-6-12(7-5-11)15-9-3-8-13-15/h3-9,14H,2,10H2,1H3. The molecule has 1 aromatic heterocycles. The van der Waals surface area contributed by atoms with Gasteiger partial charge in [-0.05, 0) is 30.7 Å². The number of aromatic nitrogens is 2. The molecule has 0 atom stereocenters. The van der Waals surface area contributed by atoms with Crippen LogP contribution in [-0.4, -0.2) is 16.4 Å². The van der Waals surface area contributed by atoms with Crippen LogP contribution in [0.15, 0.2) is 42.7 Å². The third-order valence-corrected chi connectivity index (χ3v) is 2.23. The van der Waals surface area contributed by atoms with Gasteiger partial charge in [0.25, 0.3) is 0 Å². The van der Waals surface area contributed by atoms with Crippen LogP contribution >= 0.6 is 0 Å². The van der Waals surface area contributed by atoms with Crippen molar-refractivity contribution in [3.63, 3.8) is 0 Å². The van der Waals surface area contributed by atoms with E-state index in [0.717, 1.165) is 5.69 Å². The van der Waals surface area contributed by atoms with Gasteiger partial charge in [-0.3, -0.25) is 0 Å². The topological polar surface area (TPSA) is 39.1 Å². The summed E-state index contributed by atoms with van der Waals surface area (Å²) in [5.41, 5.74) is 5.13. The summed E-state index contributed by atoms with van der Waals surface area (Å²) in [6.45, 7) is 3.34. The van der Waals surface area contributed by atoms with Crippen LogP contribution < -0.4 is 5.48 Å². The van der Waals surface area contributed by atoms with Crippen LogP contribution in [0.3, 0.4) is 0 Å². The minimum Gasteiger partial charge on any atom is -0.302 e. The van der Waals surface area contributed by atoms with E-state index in [1.54, 1.807) is 6.20 Å². The van der Waals surface area contributed by atoms with Crippen molar-refractivity contribution in [2.75, 3.05) is 6.61 Å². The fourth-order valence-electron chi connectivity index (χ4n) is 1.42. The molecule has 16 heavy (non-hydrogen) atoms. The van der Waals surface area contributed by atoms with E-state index in [1.807, 2.05) is 36.0 Å². The van der Waals surface area contributed by atoms with Crippen LogP contribution in [0.1, 0.15) is 12.5 Å². The second-order valence-electron chi connectivity index (χ2n) is 3.37. The van der Waals surface area contributed by atoms with Crippen molar-refractivity contribution in [3.8, 4) is 5.69 Å². The maximum atomic E-state index is 5.07. The molecule has 0 spiro atoms. The largest absolute Gasteiger partial charge is 0.302 e. The van der Waals surface area contributed by atoms with E-state index in [-0.39, 0.29) is 0 Å². The number of nitrogens with one attached hydrogen (secondary N) is 1. The van der Waals surface area contributed by atoms with Gasteiger partial charge in [0.15, 0.2) is 0 Å². The first-order chi connectivity index (χ1) is 7.90. The summed E-state index contributed by atoms with van der Waals surface area (Å²) in [6, 6.07) is 10.1. The third-order valence-electron chi connectivity index (χ3n) is 2.23. The molecular formula is C12H15N3O. The summed E-state index contributed by atoms with van der Waals surface area (Å²) < 4.78 is 1.83. The number of hydrogen-bond donors (Lipinski definition) is 1. The van der Waals surface area contributed by atoms with Gasteiger partial charge in [0, 0.05) is 18.9 Å². The van der Waals surface area contributed by atoms with Crippen molar-refractivity contribution in [3.05, 3.63) is 48.3 Å². The first kappa shape index (κ1) is 10.9. The zero-order valence-corrected chi connectivity index (χ0v) is 9.26. The molecule has 0 aliphatic carbocycles. The van der Waals surface area contributed by atoms with Gasteiger partial charge in [0.1, 0.15) is 0 Å². The zero-order valence-electron chi connectivity index (χ0n) is 9.26. The molecule has 1 heterocycles. The molecule has 0 bridgehead atoms. The molecule has 0 amide bonds. The molecule has 2 rings (SSSR count). The highest BCUT2D eigenvalue weighted by Gasteiger charge is 1.96. The molecule has 84 valence electrons. The normalized spacial score (nSPS) is 10.6. The molecule has 0 aliphatic rings. The van der Waals surface area contributed by atoms with Crippen molar-refractivity contribution >= 4 is 0 Å². The molecule has 0 aliphatic heterocycles. The van der Waals surface area contributed by atoms with E-state index < -0.39 is 0 Å². The average Bonchev–Trinajstić information content (AvgIpc) is 2.84. The fourth-order valence-corrected chi connectivity index (χ4v) is 1.42. The van der Waals surface area contributed by atoms with Gasteiger partial charge in [-0.1, -0.05) is 12.1 Å². The summed E-state index contributed by atoms with van der Waals surface area (Å²) >= 11 is 0. The van der Waals surface area contributed by atoms with Gasteiger partial charge in [0.2, 0.25) is 0 Å². The summed E-state index contributed by atoms with van der Waals surface area (Å²) in [7, 11) is 0. The molecular weight excluding hydrogens is 202 g/mol. The molecule has 0 unspecified atom stereocenters. The summed E-state index contributed by atoms with van der Waals surface area (Å²) in [4.78, 5) is 5.07. The van der Waals surface area contributed by atoms with Gasteiger partial charge >= 0.3 is 0 Å². The summed E-state index contributed by atoms with van der Waals surface area (Å²) in [5.74, 6) is 0. The number of rotatable bonds is 5. The molecule has 4 nitrogen and oxygen atoms in total. The zero-order chi connectivity index (χ0) is 11.2.